The number of pyridine rings is 1. The molecule has 24 heavy (non-hydrogen) atoms. The quantitative estimate of drug-likeness (QED) is 0.866. The molecule has 1 fully saturated rings. The van der Waals surface area contributed by atoms with Gasteiger partial charge < -0.3 is 9.64 Å². The van der Waals surface area contributed by atoms with Gasteiger partial charge in [-0.05, 0) is 25.1 Å². The van der Waals surface area contributed by atoms with E-state index in [1.54, 1.807) is 7.11 Å². The SMILES string of the molecule is COc1ccccc1CN1CCN(c2nc(C)ccc2C#N)CC1. The number of benzene rings is 1. The van der Waals surface area contributed by atoms with Gasteiger partial charge in [-0.3, -0.25) is 4.90 Å². The summed E-state index contributed by atoms with van der Waals surface area (Å²) in [4.78, 5) is 9.19. The molecular formula is C19H22N4O. The molecule has 0 bridgehead atoms. The zero-order valence-corrected chi connectivity index (χ0v) is 14.2. The fourth-order valence-corrected chi connectivity index (χ4v) is 3.06. The van der Waals surface area contributed by atoms with Crippen molar-refractivity contribution >= 4 is 5.82 Å². The Morgan fingerprint density at radius 1 is 1.12 bits per heavy atom. The Morgan fingerprint density at radius 3 is 2.58 bits per heavy atom. The van der Waals surface area contributed by atoms with Crippen LogP contribution in [0.15, 0.2) is 36.4 Å². The fraction of sp³-hybridized carbons (Fsp3) is 0.368. The molecule has 2 aromatic rings. The number of anilines is 1. The number of para-hydroxylation sites is 1. The van der Waals surface area contributed by atoms with E-state index in [9.17, 15) is 5.26 Å². The molecule has 1 aliphatic rings. The van der Waals surface area contributed by atoms with Crippen LogP contribution in [0.4, 0.5) is 5.82 Å². The standard InChI is InChI=1S/C19H22N4O/c1-15-7-8-16(13-20)19(21-15)23-11-9-22(10-12-23)14-17-5-3-4-6-18(17)24-2/h3-8H,9-12,14H2,1-2H3. The number of piperazine rings is 1. The van der Waals surface area contributed by atoms with Crippen molar-refractivity contribution < 1.29 is 4.74 Å². The number of hydrogen-bond donors (Lipinski definition) is 0. The van der Waals surface area contributed by atoms with Crippen molar-refractivity contribution in [2.24, 2.45) is 0 Å². The minimum Gasteiger partial charge on any atom is -0.496 e. The average molecular weight is 322 g/mol. The summed E-state index contributed by atoms with van der Waals surface area (Å²) in [7, 11) is 1.71. The Labute approximate surface area is 143 Å². The lowest BCUT2D eigenvalue weighted by atomic mass is 10.1. The van der Waals surface area contributed by atoms with Gasteiger partial charge in [-0.25, -0.2) is 4.98 Å². The minimum absolute atomic E-state index is 0.652. The van der Waals surface area contributed by atoms with Gasteiger partial charge in [0, 0.05) is 44.0 Å². The highest BCUT2D eigenvalue weighted by molar-refractivity contribution is 5.54. The average Bonchev–Trinajstić information content (AvgIpc) is 2.63. The molecule has 3 rings (SSSR count). The van der Waals surface area contributed by atoms with E-state index in [-0.39, 0.29) is 0 Å². The molecule has 0 aliphatic carbocycles. The molecule has 1 aromatic heterocycles. The lowest BCUT2D eigenvalue weighted by Gasteiger charge is -2.36. The third kappa shape index (κ3) is 3.50. The van der Waals surface area contributed by atoms with Crippen LogP contribution in [0, 0.1) is 18.3 Å². The summed E-state index contributed by atoms with van der Waals surface area (Å²) < 4.78 is 5.44. The Hall–Kier alpha value is -2.58. The number of aromatic nitrogens is 1. The van der Waals surface area contributed by atoms with E-state index in [0.717, 1.165) is 50.0 Å². The van der Waals surface area contributed by atoms with Gasteiger partial charge in [-0.2, -0.15) is 5.26 Å². The number of nitriles is 1. The molecule has 0 spiro atoms. The van der Waals surface area contributed by atoms with E-state index in [1.165, 1.54) is 5.56 Å². The molecule has 0 saturated carbocycles. The minimum atomic E-state index is 0.652. The number of aryl methyl sites for hydroxylation is 1. The second-order valence-electron chi connectivity index (χ2n) is 6.01. The molecule has 5 nitrogen and oxygen atoms in total. The highest BCUT2D eigenvalue weighted by Gasteiger charge is 2.21. The van der Waals surface area contributed by atoms with Crippen molar-refractivity contribution in [3.63, 3.8) is 0 Å². The summed E-state index contributed by atoms with van der Waals surface area (Å²) in [6.07, 6.45) is 0. The third-order valence-corrected chi connectivity index (χ3v) is 4.39. The molecule has 1 aromatic carbocycles. The molecule has 1 saturated heterocycles. The summed E-state index contributed by atoms with van der Waals surface area (Å²) in [6.45, 7) is 6.48. The van der Waals surface area contributed by atoms with Crippen LogP contribution in [0.25, 0.3) is 0 Å². The third-order valence-electron chi connectivity index (χ3n) is 4.39. The number of methoxy groups -OCH3 is 1. The Kier molecular flexibility index (Phi) is 4.97. The number of rotatable bonds is 4. The van der Waals surface area contributed by atoms with Gasteiger partial charge in [0.1, 0.15) is 17.6 Å². The van der Waals surface area contributed by atoms with Crippen molar-refractivity contribution in [1.29, 1.82) is 5.26 Å². The Bertz CT molecular complexity index is 745. The van der Waals surface area contributed by atoms with Gasteiger partial charge in [0.2, 0.25) is 0 Å². The van der Waals surface area contributed by atoms with Crippen molar-refractivity contribution in [1.82, 2.24) is 9.88 Å². The number of hydrogen-bond acceptors (Lipinski definition) is 5. The predicted octanol–water partition coefficient (Wildman–Crippen LogP) is 2.59. The maximum Gasteiger partial charge on any atom is 0.146 e. The van der Waals surface area contributed by atoms with Crippen LogP contribution in [-0.4, -0.2) is 43.2 Å². The molecule has 0 atom stereocenters. The molecule has 0 unspecified atom stereocenters. The van der Waals surface area contributed by atoms with Crippen LogP contribution in [0.1, 0.15) is 16.8 Å². The molecule has 1 aliphatic heterocycles. The first-order valence-electron chi connectivity index (χ1n) is 8.18. The predicted molar refractivity (Wildman–Crippen MR) is 94.2 cm³/mol. The maximum atomic E-state index is 9.30. The summed E-state index contributed by atoms with van der Waals surface area (Å²) >= 11 is 0. The van der Waals surface area contributed by atoms with Crippen LogP contribution in [-0.2, 0) is 6.54 Å². The zero-order chi connectivity index (χ0) is 16.9. The Balaban J connectivity index is 1.66. The molecule has 124 valence electrons. The monoisotopic (exact) mass is 322 g/mol. The fourth-order valence-electron chi connectivity index (χ4n) is 3.06. The smallest absolute Gasteiger partial charge is 0.146 e. The van der Waals surface area contributed by atoms with E-state index in [4.69, 9.17) is 4.74 Å². The second-order valence-corrected chi connectivity index (χ2v) is 6.01. The summed E-state index contributed by atoms with van der Waals surface area (Å²) in [6, 6.07) is 14.2. The van der Waals surface area contributed by atoms with E-state index < -0.39 is 0 Å². The van der Waals surface area contributed by atoms with Crippen LogP contribution < -0.4 is 9.64 Å². The normalized spacial score (nSPS) is 15.1. The van der Waals surface area contributed by atoms with E-state index in [0.29, 0.717) is 5.56 Å². The molecule has 2 heterocycles. The molecule has 0 N–H and O–H groups in total. The van der Waals surface area contributed by atoms with E-state index in [1.807, 2.05) is 37.3 Å². The maximum absolute atomic E-state index is 9.30. The molecule has 0 amide bonds. The van der Waals surface area contributed by atoms with Crippen LogP contribution in [0.2, 0.25) is 0 Å². The lowest BCUT2D eigenvalue weighted by molar-refractivity contribution is 0.245. The van der Waals surface area contributed by atoms with Crippen molar-refractivity contribution in [2.75, 3.05) is 38.2 Å². The van der Waals surface area contributed by atoms with Gasteiger partial charge in [0.25, 0.3) is 0 Å². The van der Waals surface area contributed by atoms with Crippen LogP contribution in [0.3, 0.4) is 0 Å². The zero-order valence-electron chi connectivity index (χ0n) is 14.2. The van der Waals surface area contributed by atoms with E-state index >= 15 is 0 Å². The lowest BCUT2D eigenvalue weighted by Crippen LogP contribution is -2.46. The first-order valence-corrected chi connectivity index (χ1v) is 8.18. The number of ether oxygens (including phenoxy) is 1. The van der Waals surface area contributed by atoms with Gasteiger partial charge in [0.05, 0.1) is 12.7 Å². The summed E-state index contributed by atoms with van der Waals surface area (Å²) in [5.41, 5.74) is 2.80. The van der Waals surface area contributed by atoms with Crippen molar-refractivity contribution in [2.45, 2.75) is 13.5 Å². The summed E-state index contributed by atoms with van der Waals surface area (Å²) in [5, 5.41) is 9.30. The summed E-state index contributed by atoms with van der Waals surface area (Å²) in [5.74, 6) is 1.75. The van der Waals surface area contributed by atoms with Crippen LogP contribution in [0.5, 0.6) is 5.75 Å². The second kappa shape index (κ2) is 7.33. The molecule has 5 heteroatoms. The molecule has 0 radical (unpaired) electrons. The van der Waals surface area contributed by atoms with Gasteiger partial charge in [-0.15, -0.1) is 0 Å². The highest BCUT2D eigenvalue weighted by Crippen LogP contribution is 2.22. The van der Waals surface area contributed by atoms with Crippen molar-refractivity contribution in [3.05, 3.63) is 53.2 Å². The Morgan fingerprint density at radius 2 is 1.88 bits per heavy atom. The van der Waals surface area contributed by atoms with Crippen molar-refractivity contribution in [3.8, 4) is 11.8 Å². The van der Waals surface area contributed by atoms with Gasteiger partial charge in [-0.1, -0.05) is 18.2 Å². The topological polar surface area (TPSA) is 52.4 Å². The van der Waals surface area contributed by atoms with Gasteiger partial charge >= 0.3 is 0 Å². The first-order chi connectivity index (χ1) is 11.7. The van der Waals surface area contributed by atoms with Crippen LogP contribution >= 0.6 is 0 Å². The number of nitrogens with zero attached hydrogens (tertiary/aromatic N) is 4. The molecular weight excluding hydrogens is 300 g/mol. The first kappa shape index (κ1) is 16.3. The highest BCUT2D eigenvalue weighted by atomic mass is 16.5. The largest absolute Gasteiger partial charge is 0.496 e. The van der Waals surface area contributed by atoms with Gasteiger partial charge in [0.15, 0.2) is 0 Å². The van der Waals surface area contributed by atoms with E-state index in [2.05, 4.69) is 26.9 Å².